The fourth-order valence-corrected chi connectivity index (χ4v) is 5.19. The Morgan fingerprint density at radius 2 is 2.15 bits per heavy atom. The van der Waals surface area contributed by atoms with Crippen LogP contribution in [-0.4, -0.2) is 53.8 Å². The molecule has 1 aromatic heterocycles. The van der Waals surface area contributed by atoms with Crippen LogP contribution >= 0.6 is 23.5 Å². The normalized spacial score (nSPS) is 23.6. The highest BCUT2D eigenvalue weighted by Gasteiger charge is 2.56. The number of thioether (sulfide) groups is 2. The molecule has 7 nitrogen and oxygen atoms in total. The van der Waals surface area contributed by atoms with Gasteiger partial charge in [-0.1, -0.05) is 24.4 Å². The Morgan fingerprint density at radius 1 is 1.41 bits per heavy atom. The summed E-state index contributed by atoms with van der Waals surface area (Å²) < 4.78 is 9.36. The maximum Gasteiger partial charge on any atom is 0.378 e. The quantitative estimate of drug-likeness (QED) is 0.295. The zero-order valence-electron chi connectivity index (χ0n) is 14.1. The predicted octanol–water partition coefficient (Wildman–Crippen LogP) is 1.66. The molecule has 3 atom stereocenters. The Kier molecular flexibility index (Phi) is 6.28. The molecule has 1 fully saturated rings. The van der Waals surface area contributed by atoms with Gasteiger partial charge in [-0.2, -0.15) is 0 Å². The molecule has 0 N–H and O–H groups in total. The Morgan fingerprint density at radius 3 is 2.81 bits per heavy atom. The summed E-state index contributed by atoms with van der Waals surface area (Å²) in [5.74, 6) is -2.06. The molecule has 2 aliphatic heterocycles. The molecule has 2 radical (unpaired) electrons. The smallest absolute Gasteiger partial charge is 0.378 e. The second-order valence-corrected chi connectivity index (χ2v) is 7.84. The van der Waals surface area contributed by atoms with Gasteiger partial charge in [0.2, 0.25) is 5.91 Å². The van der Waals surface area contributed by atoms with Crippen LogP contribution in [0.3, 0.4) is 0 Å². The monoisotopic (exact) mass is 402 g/mol. The van der Waals surface area contributed by atoms with E-state index in [0.717, 1.165) is 4.90 Å². The van der Waals surface area contributed by atoms with Crippen molar-refractivity contribution in [3.63, 3.8) is 0 Å². The van der Waals surface area contributed by atoms with Crippen LogP contribution in [0.25, 0.3) is 0 Å². The van der Waals surface area contributed by atoms with Crippen LogP contribution in [-0.2, 0) is 23.8 Å². The summed E-state index contributed by atoms with van der Waals surface area (Å²) in [6, 6.07) is 2.65. The Labute approximate surface area is 166 Å². The summed E-state index contributed by atoms with van der Waals surface area (Å²) >= 11 is 2.71. The molecule has 3 heterocycles. The maximum atomic E-state index is 12.6. The van der Waals surface area contributed by atoms with Crippen molar-refractivity contribution in [3.05, 3.63) is 47.5 Å². The van der Waals surface area contributed by atoms with E-state index < -0.39 is 23.9 Å². The molecule has 0 spiro atoms. The third-order valence-electron chi connectivity index (χ3n) is 4.03. The van der Waals surface area contributed by atoms with Crippen molar-refractivity contribution in [3.8, 4) is 0 Å². The zero-order valence-corrected chi connectivity index (χ0v) is 15.8. The predicted molar refractivity (Wildman–Crippen MR) is 101 cm³/mol. The van der Waals surface area contributed by atoms with E-state index >= 15 is 0 Å². The number of pyridine rings is 1. The first kappa shape index (κ1) is 19.6. The summed E-state index contributed by atoms with van der Waals surface area (Å²) in [4.78, 5) is 43.5. The van der Waals surface area contributed by atoms with E-state index in [-0.39, 0.29) is 24.3 Å². The highest BCUT2D eigenvalue weighted by atomic mass is 32.2. The third kappa shape index (κ3) is 4.06. The number of ether oxygens (including phenoxy) is 1. The fraction of sp³-hybridized carbons (Fsp3) is 0.294. The minimum Gasteiger partial charge on any atom is -0.542 e. The van der Waals surface area contributed by atoms with Gasteiger partial charge < -0.3 is 14.3 Å². The highest BCUT2D eigenvalue weighted by molar-refractivity contribution is 8.06. The zero-order chi connectivity index (χ0) is 19.4. The van der Waals surface area contributed by atoms with Crippen molar-refractivity contribution in [1.82, 2.24) is 9.88 Å². The lowest BCUT2D eigenvalue weighted by Gasteiger charge is -2.51. The van der Waals surface area contributed by atoms with Crippen LogP contribution in [0.2, 0.25) is 0 Å². The summed E-state index contributed by atoms with van der Waals surface area (Å²) in [5.41, 5.74) is 0. The van der Waals surface area contributed by atoms with Crippen LogP contribution < -0.4 is 0 Å². The van der Waals surface area contributed by atoms with Crippen LogP contribution in [0.15, 0.2) is 52.4 Å². The maximum absolute atomic E-state index is 12.6. The third-order valence-corrected chi connectivity index (χ3v) is 6.49. The van der Waals surface area contributed by atoms with E-state index in [1.165, 1.54) is 34.5 Å². The number of nitrogens with zero attached hydrogens (tertiary/aromatic N) is 2. The molecular weight excluding hydrogens is 387 g/mol. The Balaban J connectivity index is 1.77. The molecule has 10 heteroatoms. The lowest BCUT2D eigenvalue weighted by Crippen LogP contribution is -2.66. The van der Waals surface area contributed by atoms with Gasteiger partial charge in [0.25, 0.3) is 0 Å². The molecule has 3 rings (SSSR count). The first-order chi connectivity index (χ1) is 13.1. The van der Waals surface area contributed by atoms with Gasteiger partial charge in [0.05, 0.1) is 17.7 Å². The molecule has 2 aliphatic rings. The number of esters is 1. The van der Waals surface area contributed by atoms with Crippen molar-refractivity contribution < 1.29 is 23.8 Å². The summed E-state index contributed by atoms with van der Waals surface area (Å²) in [5, 5.41) is 1.46. The standard InChI is InChI=1S/C17H15BN2O5S2/c1-2-7-24-13(21)8-11-15(22)20-14(17(23)25-18)12(9-26-16(11)20)27-10-3-5-19-6-4-10/h2-6,9,11,14,16H,1,7-8H2/t11-,14?,16-/m1/s1. The first-order valence-electron chi connectivity index (χ1n) is 7.99. The second-order valence-electron chi connectivity index (χ2n) is 5.70. The van der Waals surface area contributed by atoms with E-state index in [2.05, 4.69) is 16.2 Å². The number of aromatic nitrogens is 1. The SMILES string of the molecule is [B]OC(=O)C1C(Sc2ccncc2)=CS[C@@H]2[C@H](CC(=O)OCC=C)C(=O)N12. The van der Waals surface area contributed by atoms with E-state index in [1.54, 1.807) is 24.5 Å². The lowest BCUT2D eigenvalue weighted by molar-refractivity contribution is -0.164. The number of amides is 1. The van der Waals surface area contributed by atoms with Crippen molar-refractivity contribution in [2.24, 2.45) is 5.92 Å². The van der Waals surface area contributed by atoms with Crippen molar-refractivity contribution >= 4 is 49.4 Å². The number of fused-ring (bicyclic) bond motifs is 1. The average molecular weight is 402 g/mol. The first-order valence-corrected chi connectivity index (χ1v) is 9.75. The van der Waals surface area contributed by atoms with Crippen molar-refractivity contribution in [2.45, 2.75) is 22.7 Å². The number of hydrogen-bond donors (Lipinski definition) is 0. The van der Waals surface area contributed by atoms with Gasteiger partial charge in [-0.15, -0.1) is 11.8 Å². The van der Waals surface area contributed by atoms with Gasteiger partial charge in [-0.25, -0.2) is 0 Å². The molecule has 0 bridgehead atoms. The summed E-state index contributed by atoms with van der Waals surface area (Å²) in [6.45, 7) is 3.57. The molecule has 27 heavy (non-hydrogen) atoms. The minimum absolute atomic E-state index is 0.0497. The fourth-order valence-electron chi connectivity index (χ4n) is 2.82. The van der Waals surface area contributed by atoms with Crippen molar-refractivity contribution in [2.75, 3.05) is 6.61 Å². The van der Waals surface area contributed by atoms with E-state index in [4.69, 9.17) is 12.8 Å². The summed E-state index contributed by atoms with van der Waals surface area (Å²) in [6.07, 6.45) is 4.68. The number of hydrogen-bond acceptors (Lipinski definition) is 8. The molecular formula is C17H15BN2O5S2. The van der Waals surface area contributed by atoms with Crippen LogP contribution in [0, 0.1) is 5.92 Å². The van der Waals surface area contributed by atoms with Crippen LogP contribution in [0.5, 0.6) is 0 Å². The lowest BCUT2D eigenvalue weighted by atomic mass is 9.92. The Bertz CT molecular complexity index is 789. The van der Waals surface area contributed by atoms with Gasteiger partial charge in [-0.3, -0.25) is 19.4 Å². The van der Waals surface area contributed by atoms with Gasteiger partial charge >= 0.3 is 20.0 Å². The summed E-state index contributed by atoms with van der Waals surface area (Å²) in [7, 11) is 5.08. The number of carbonyl (C=O) groups excluding carboxylic acids is 3. The molecule has 1 saturated heterocycles. The largest absolute Gasteiger partial charge is 0.542 e. The van der Waals surface area contributed by atoms with Gasteiger partial charge in [0, 0.05) is 22.2 Å². The van der Waals surface area contributed by atoms with E-state index in [1.807, 2.05) is 5.41 Å². The molecule has 0 aliphatic carbocycles. The minimum atomic E-state index is -0.938. The topological polar surface area (TPSA) is 85.8 Å². The van der Waals surface area contributed by atoms with Crippen molar-refractivity contribution in [1.29, 1.82) is 0 Å². The average Bonchev–Trinajstić information content (AvgIpc) is 2.70. The van der Waals surface area contributed by atoms with Gasteiger partial charge in [0.1, 0.15) is 6.61 Å². The number of rotatable bonds is 7. The molecule has 138 valence electrons. The van der Waals surface area contributed by atoms with E-state index in [0.29, 0.717) is 4.91 Å². The highest BCUT2D eigenvalue weighted by Crippen LogP contribution is 2.48. The second kappa shape index (κ2) is 8.66. The molecule has 0 aromatic carbocycles. The van der Waals surface area contributed by atoms with Crippen LogP contribution in [0.1, 0.15) is 6.42 Å². The number of carbonyl (C=O) groups is 3. The number of β-lactam (4-membered cyclic amide) rings is 1. The molecule has 1 aromatic rings. The molecule has 1 amide bonds. The molecule has 0 saturated carbocycles. The molecule has 1 unspecified atom stereocenters. The van der Waals surface area contributed by atoms with Crippen LogP contribution in [0.4, 0.5) is 0 Å². The Hall–Kier alpha value is -2.20. The van der Waals surface area contributed by atoms with E-state index in [9.17, 15) is 14.4 Å². The van der Waals surface area contributed by atoms with Gasteiger partial charge in [0.15, 0.2) is 6.04 Å². The van der Waals surface area contributed by atoms with Gasteiger partial charge in [-0.05, 0) is 17.5 Å².